The van der Waals surface area contributed by atoms with Crippen LogP contribution in [0.4, 0.5) is 0 Å². The van der Waals surface area contributed by atoms with Crippen molar-refractivity contribution in [2.75, 3.05) is 6.61 Å². The highest BCUT2D eigenvalue weighted by atomic mass is 16.5. The van der Waals surface area contributed by atoms with Gasteiger partial charge in [-0.25, -0.2) is 0 Å². The topological polar surface area (TPSA) is 65.7 Å². The fraction of sp³-hybridized carbons (Fsp3) is 0.312. The van der Waals surface area contributed by atoms with E-state index in [1.54, 1.807) is 12.1 Å². The first-order valence-electron chi connectivity index (χ1n) is 13.2. The smallest absolute Gasteiger partial charge is 0.312 e. The highest BCUT2D eigenvalue weighted by Crippen LogP contribution is 2.43. The summed E-state index contributed by atoms with van der Waals surface area (Å²) in [5.74, 6) is 0.669. The van der Waals surface area contributed by atoms with Gasteiger partial charge in [-0.3, -0.25) is 9.59 Å². The summed E-state index contributed by atoms with van der Waals surface area (Å²) in [5, 5.41) is 0.474. The molecule has 0 saturated carbocycles. The van der Waals surface area contributed by atoms with Crippen molar-refractivity contribution < 1.29 is 18.7 Å². The van der Waals surface area contributed by atoms with Crippen molar-refractivity contribution in [3.8, 4) is 22.6 Å². The summed E-state index contributed by atoms with van der Waals surface area (Å²) in [7, 11) is 0. The molecule has 0 amide bonds. The van der Waals surface area contributed by atoms with Gasteiger partial charge in [0.25, 0.3) is 0 Å². The van der Waals surface area contributed by atoms with E-state index in [0.29, 0.717) is 28.9 Å². The van der Waals surface area contributed by atoms with Crippen LogP contribution in [0.5, 0.6) is 11.5 Å². The van der Waals surface area contributed by atoms with Crippen molar-refractivity contribution in [2.24, 2.45) is 0 Å². The Hall–Kier alpha value is -3.86. The summed E-state index contributed by atoms with van der Waals surface area (Å²) in [5.41, 5.74) is 3.34. The average molecular weight is 497 g/mol. The second kappa shape index (κ2) is 11.5. The Labute approximate surface area is 217 Å². The Bertz CT molecular complexity index is 1420. The number of fused-ring (bicyclic) bond motifs is 3. The first kappa shape index (κ1) is 24.8. The van der Waals surface area contributed by atoms with Gasteiger partial charge in [0.2, 0.25) is 5.43 Å². The lowest BCUT2D eigenvalue weighted by Gasteiger charge is -2.25. The molecule has 1 aliphatic rings. The van der Waals surface area contributed by atoms with Crippen molar-refractivity contribution in [3.63, 3.8) is 0 Å². The predicted molar refractivity (Wildman–Crippen MR) is 145 cm³/mol. The number of carbonyl (C=O) groups is 1. The summed E-state index contributed by atoms with van der Waals surface area (Å²) in [6.07, 6.45) is 9.01. The van der Waals surface area contributed by atoms with E-state index in [2.05, 4.69) is 6.92 Å². The van der Waals surface area contributed by atoms with E-state index in [4.69, 9.17) is 13.9 Å². The molecule has 2 heterocycles. The van der Waals surface area contributed by atoms with Crippen molar-refractivity contribution in [3.05, 3.63) is 94.3 Å². The maximum atomic E-state index is 13.4. The zero-order valence-corrected chi connectivity index (χ0v) is 21.2. The van der Waals surface area contributed by atoms with Crippen LogP contribution in [-0.2, 0) is 4.79 Å². The fourth-order valence-electron chi connectivity index (χ4n) is 5.03. The molecule has 1 atom stereocenters. The number of esters is 1. The Balaban J connectivity index is 1.39. The van der Waals surface area contributed by atoms with Gasteiger partial charge in [0.1, 0.15) is 23.3 Å². The first-order valence-corrected chi connectivity index (χ1v) is 13.2. The number of hydrogen-bond acceptors (Lipinski definition) is 5. The molecule has 4 aromatic rings. The van der Waals surface area contributed by atoms with Crippen LogP contribution in [0.2, 0.25) is 0 Å². The highest BCUT2D eigenvalue weighted by Gasteiger charge is 2.32. The molecular weight excluding hydrogens is 464 g/mol. The number of hydrogen-bond donors (Lipinski definition) is 0. The van der Waals surface area contributed by atoms with E-state index in [1.807, 2.05) is 54.6 Å². The quantitative estimate of drug-likeness (QED) is 0.128. The molecule has 0 N–H and O–H groups in total. The van der Waals surface area contributed by atoms with Crippen molar-refractivity contribution >= 4 is 16.9 Å². The molecule has 1 aromatic heterocycles. The third-order valence-corrected chi connectivity index (χ3v) is 7.02. The largest absolute Gasteiger partial charge is 0.494 e. The molecule has 0 fully saturated rings. The number of unbranched alkanes of at least 4 members (excludes halogenated alkanes) is 5. The van der Waals surface area contributed by atoms with Crippen LogP contribution >= 0.6 is 0 Å². The van der Waals surface area contributed by atoms with Gasteiger partial charge in [-0.1, -0.05) is 81.5 Å². The van der Waals surface area contributed by atoms with Gasteiger partial charge in [0, 0.05) is 11.5 Å². The minimum Gasteiger partial charge on any atom is -0.494 e. The van der Waals surface area contributed by atoms with Crippen LogP contribution in [0, 0.1) is 0 Å². The predicted octanol–water partition coefficient (Wildman–Crippen LogP) is 7.64. The second-order valence-corrected chi connectivity index (χ2v) is 9.61. The average Bonchev–Trinajstić information content (AvgIpc) is 2.93. The third-order valence-electron chi connectivity index (χ3n) is 7.02. The standard InChI is InChI=1S/C32H32O5/c1-2-3-4-5-6-10-19-35-24-15-13-23(14-16-24)26-20-29(33)37-28-18-17-25-31(34)27(21-36-32(25)30(26)28)22-11-8-7-9-12-22/h7-9,11-18,21,26H,2-6,10,19-20H2,1H3. The lowest BCUT2D eigenvalue weighted by atomic mass is 9.85. The maximum absolute atomic E-state index is 13.4. The molecule has 0 radical (unpaired) electrons. The number of carbonyl (C=O) groups excluding carboxylic acids is 1. The van der Waals surface area contributed by atoms with E-state index in [9.17, 15) is 9.59 Å². The summed E-state index contributed by atoms with van der Waals surface area (Å²) in [6, 6.07) is 20.7. The SMILES string of the molecule is CCCCCCCCOc1ccc(C2CC(=O)Oc3ccc4c(=O)c(-c5ccccc5)coc4c32)cc1. The van der Waals surface area contributed by atoms with E-state index < -0.39 is 0 Å². The molecule has 37 heavy (non-hydrogen) atoms. The van der Waals surface area contributed by atoms with Crippen LogP contribution < -0.4 is 14.9 Å². The van der Waals surface area contributed by atoms with Crippen LogP contribution in [-0.4, -0.2) is 12.6 Å². The van der Waals surface area contributed by atoms with Gasteiger partial charge in [-0.15, -0.1) is 0 Å². The lowest BCUT2D eigenvalue weighted by Crippen LogP contribution is -2.22. The number of rotatable bonds is 10. The molecule has 0 bridgehead atoms. The Kier molecular flexibility index (Phi) is 7.69. The van der Waals surface area contributed by atoms with Crippen LogP contribution in [0.1, 0.15) is 68.9 Å². The molecule has 1 aliphatic heterocycles. The van der Waals surface area contributed by atoms with E-state index in [0.717, 1.165) is 28.9 Å². The molecule has 5 rings (SSSR count). The molecule has 5 nitrogen and oxygen atoms in total. The number of ether oxygens (including phenoxy) is 2. The van der Waals surface area contributed by atoms with Crippen molar-refractivity contribution in [1.82, 2.24) is 0 Å². The lowest BCUT2D eigenvalue weighted by molar-refractivity contribution is -0.135. The van der Waals surface area contributed by atoms with Crippen LogP contribution in [0.25, 0.3) is 22.1 Å². The fourth-order valence-corrected chi connectivity index (χ4v) is 5.03. The van der Waals surface area contributed by atoms with Crippen LogP contribution in [0.3, 0.4) is 0 Å². The molecule has 0 spiro atoms. The minimum atomic E-state index is -0.302. The highest BCUT2D eigenvalue weighted by molar-refractivity contribution is 5.90. The normalized spacial score (nSPS) is 14.8. The zero-order valence-electron chi connectivity index (χ0n) is 21.2. The Morgan fingerprint density at radius 3 is 2.41 bits per heavy atom. The van der Waals surface area contributed by atoms with E-state index in [1.165, 1.54) is 38.4 Å². The molecule has 0 aliphatic carbocycles. The summed E-state index contributed by atoms with van der Waals surface area (Å²) >= 11 is 0. The van der Waals surface area contributed by atoms with Gasteiger partial charge in [0.05, 0.1) is 24.0 Å². The summed E-state index contributed by atoms with van der Waals surface area (Å²) < 4.78 is 17.6. The van der Waals surface area contributed by atoms with Crippen LogP contribution in [0.15, 0.2) is 82.2 Å². The van der Waals surface area contributed by atoms with Crippen molar-refractivity contribution in [1.29, 1.82) is 0 Å². The van der Waals surface area contributed by atoms with Gasteiger partial charge in [-0.2, -0.15) is 0 Å². The summed E-state index contributed by atoms with van der Waals surface area (Å²) in [6.45, 7) is 2.92. The molecule has 0 saturated heterocycles. The molecule has 190 valence electrons. The Morgan fingerprint density at radius 1 is 0.865 bits per heavy atom. The molecule has 3 aromatic carbocycles. The second-order valence-electron chi connectivity index (χ2n) is 9.61. The number of benzene rings is 3. The van der Waals surface area contributed by atoms with Gasteiger partial charge < -0.3 is 13.9 Å². The Morgan fingerprint density at radius 2 is 1.62 bits per heavy atom. The molecule has 5 heteroatoms. The third kappa shape index (κ3) is 5.46. The zero-order chi connectivity index (χ0) is 25.6. The minimum absolute atomic E-state index is 0.107. The molecular formula is C32H32O5. The van der Waals surface area contributed by atoms with Gasteiger partial charge >= 0.3 is 5.97 Å². The van der Waals surface area contributed by atoms with Gasteiger partial charge in [-0.05, 0) is 41.8 Å². The van der Waals surface area contributed by atoms with E-state index >= 15 is 0 Å². The summed E-state index contributed by atoms with van der Waals surface area (Å²) in [4.78, 5) is 25.8. The molecule has 1 unspecified atom stereocenters. The first-order chi connectivity index (χ1) is 18.2. The maximum Gasteiger partial charge on any atom is 0.312 e. The van der Waals surface area contributed by atoms with Crippen molar-refractivity contribution in [2.45, 2.75) is 57.8 Å². The van der Waals surface area contributed by atoms with Gasteiger partial charge in [0.15, 0.2) is 0 Å². The van der Waals surface area contributed by atoms with E-state index in [-0.39, 0.29) is 23.7 Å². The monoisotopic (exact) mass is 496 g/mol.